The Morgan fingerprint density at radius 2 is 2.05 bits per heavy atom. The minimum Gasteiger partial charge on any atom is -0.383 e. The monoisotopic (exact) mass is 303 g/mol. The summed E-state index contributed by atoms with van der Waals surface area (Å²) in [6.45, 7) is 0. The molecule has 9 heteroatoms. The van der Waals surface area contributed by atoms with Gasteiger partial charge in [-0.15, -0.1) is 10.5 Å². The smallest absolute Gasteiger partial charge is 0.229 e. The van der Waals surface area contributed by atoms with Gasteiger partial charge in [0.1, 0.15) is 17.9 Å². The van der Waals surface area contributed by atoms with Crippen molar-refractivity contribution >= 4 is 33.1 Å². The fraction of sp³-hybridized carbons (Fsp3) is 0.0833. The average molecular weight is 303 g/mol. The van der Waals surface area contributed by atoms with Crippen LogP contribution in [0.25, 0.3) is 0 Å². The number of sulfonamides is 1. The van der Waals surface area contributed by atoms with Crippen LogP contribution >= 0.6 is 0 Å². The Labute approximate surface area is 121 Å². The lowest BCUT2D eigenvalue weighted by Crippen LogP contribution is -2.11. The van der Waals surface area contributed by atoms with Gasteiger partial charge in [0.25, 0.3) is 0 Å². The van der Waals surface area contributed by atoms with Crippen LogP contribution in [0.5, 0.6) is 0 Å². The first-order chi connectivity index (χ1) is 9.94. The third-order valence-electron chi connectivity index (χ3n) is 2.78. The number of benzene rings is 1. The lowest BCUT2D eigenvalue weighted by molar-refractivity contribution is 0.607. The summed E-state index contributed by atoms with van der Waals surface area (Å²) >= 11 is 0. The molecule has 8 nitrogen and oxygen atoms in total. The summed E-state index contributed by atoms with van der Waals surface area (Å²) in [5.74, 6) is 0.681. The number of nitrogens with zero attached hydrogens (tertiary/aromatic N) is 4. The Morgan fingerprint density at radius 3 is 2.81 bits per heavy atom. The van der Waals surface area contributed by atoms with Crippen molar-refractivity contribution in [2.45, 2.75) is 0 Å². The highest BCUT2D eigenvalue weighted by atomic mass is 32.2. The van der Waals surface area contributed by atoms with Gasteiger partial charge >= 0.3 is 0 Å². The van der Waals surface area contributed by atoms with Crippen molar-refractivity contribution < 1.29 is 8.42 Å². The minimum atomic E-state index is -3.35. The summed E-state index contributed by atoms with van der Waals surface area (Å²) in [7, 11) is -3.35. The lowest BCUT2D eigenvalue weighted by atomic mass is 10.0. The fourth-order valence-corrected chi connectivity index (χ4v) is 2.54. The lowest BCUT2D eigenvalue weighted by Gasteiger charge is -2.07. The largest absolute Gasteiger partial charge is 0.383 e. The van der Waals surface area contributed by atoms with Crippen molar-refractivity contribution in [2.75, 3.05) is 16.7 Å². The average Bonchev–Trinajstić information content (AvgIpc) is 2.82. The molecule has 0 saturated carbocycles. The molecule has 0 saturated heterocycles. The zero-order valence-electron chi connectivity index (χ0n) is 11.0. The van der Waals surface area contributed by atoms with Crippen LogP contribution in [0.4, 0.5) is 17.3 Å². The molecular weight excluding hydrogens is 292 g/mol. The third-order valence-corrected chi connectivity index (χ3v) is 3.38. The van der Waals surface area contributed by atoms with Crippen LogP contribution in [0.15, 0.2) is 35.7 Å². The van der Waals surface area contributed by atoms with Crippen LogP contribution in [0.1, 0.15) is 11.1 Å². The minimum absolute atomic E-state index is 0.279. The fourth-order valence-electron chi connectivity index (χ4n) is 1.99. The van der Waals surface area contributed by atoms with Gasteiger partial charge in [0.15, 0.2) is 5.82 Å². The first kappa shape index (κ1) is 13.3. The zero-order chi connectivity index (χ0) is 15.0. The molecule has 0 atom stereocenters. The Bertz CT molecular complexity index is 847. The summed E-state index contributed by atoms with van der Waals surface area (Å²) in [4.78, 5) is 7.92. The Kier molecular flexibility index (Phi) is 2.98. The highest BCUT2D eigenvalue weighted by Gasteiger charge is 2.24. The number of rotatable bonds is 3. The van der Waals surface area contributed by atoms with Crippen LogP contribution in [0.3, 0.4) is 0 Å². The van der Waals surface area contributed by atoms with E-state index in [0.717, 1.165) is 6.26 Å². The number of nitrogens with two attached hydrogens (primary N) is 1. The third kappa shape index (κ3) is 2.63. The summed E-state index contributed by atoms with van der Waals surface area (Å²) in [6.07, 6.45) is 2.40. The van der Waals surface area contributed by atoms with Gasteiger partial charge in [0.2, 0.25) is 10.0 Å². The van der Waals surface area contributed by atoms with Gasteiger partial charge in [0.05, 0.1) is 11.8 Å². The topological polar surface area (TPSA) is 124 Å². The van der Waals surface area contributed by atoms with Gasteiger partial charge in [0, 0.05) is 11.3 Å². The molecule has 0 aliphatic carbocycles. The molecule has 1 aliphatic rings. The van der Waals surface area contributed by atoms with E-state index in [1.807, 2.05) is 0 Å². The highest BCUT2D eigenvalue weighted by Crippen LogP contribution is 2.28. The summed E-state index contributed by atoms with van der Waals surface area (Å²) in [6, 6.07) is 6.78. The molecule has 1 radical (unpaired) electrons. The van der Waals surface area contributed by atoms with E-state index in [2.05, 4.69) is 25.2 Å². The van der Waals surface area contributed by atoms with Crippen molar-refractivity contribution in [1.29, 1.82) is 0 Å². The molecule has 2 heterocycles. The highest BCUT2D eigenvalue weighted by molar-refractivity contribution is 7.92. The van der Waals surface area contributed by atoms with E-state index >= 15 is 0 Å². The predicted molar refractivity (Wildman–Crippen MR) is 78.8 cm³/mol. The van der Waals surface area contributed by atoms with E-state index in [0.29, 0.717) is 28.3 Å². The number of fused-ring (bicyclic) bond motifs is 1. The number of aromatic nitrogens is 2. The second-order valence-corrected chi connectivity index (χ2v) is 6.21. The summed E-state index contributed by atoms with van der Waals surface area (Å²) < 4.78 is 25.0. The molecule has 1 aromatic heterocycles. The van der Waals surface area contributed by atoms with Crippen LogP contribution in [-0.4, -0.2) is 30.4 Å². The first-order valence-electron chi connectivity index (χ1n) is 5.92. The molecule has 107 valence electrons. The molecule has 3 N–H and O–H groups in total. The van der Waals surface area contributed by atoms with Crippen LogP contribution < -0.4 is 15.9 Å². The van der Waals surface area contributed by atoms with Crippen molar-refractivity contribution in [3.05, 3.63) is 41.7 Å². The molecule has 21 heavy (non-hydrogen) atoms. The first-order valence-corrected chi connectivity index (χ1v) is 7.81. The number of hydrogen-bond acceptors (Lipinski definition) is 6. The van der Waals surface area contributed by atoms with Gasteiger partial charge < -0.3 is 5.73 Å². The maximum atomic E-state index is 11.3. The summed E-state index contributed by atoms with van der Waals surface area (Å²) in [5.41, 5.74) is 11.9. The van der Waals surface area contributed by atoms with E-state index in [4.69, 9.17) is 5.73 Å². The van der Waals surface area contributed by atoms with Gasteiger partial charge in [-0.3, -0.25) is 4.72 Å². The SMILES string of the molecule is CS(=O)(=O)Nc1cccc(C2=N[N]c3ncnc(N)c32)c1. The van der Waals surface area contributed by atoms with Crippen LogP contribution in [0.2, 0.25) is 0 Å². The number of hydrogen-bond donors (Lipinski definition) is 2. The van der Waals surface area contributed by atoms with Gasteiger partial charge in [-0.05, 0) is 12.1 Å². The maximum absolute atomic E-state index is 11.3. The molecule has 0 unspecified atom stereocenters. The molecule has 3 rings (SSSR count). The van der Waals surface area contributed by atoms with Crippen LogP contribution in [-0.2, 0) is 10.0 Å². The molecule has 0 amide bonds. The van der Waals surface area contributed by atoms with Gasteiger partial charge in [-0.25, -0.2) is 18.4 Å². The van der Waals surface area contributed by atoms with Gasteiger partial charge in [-0.1, -0.05) is 12.1 Å². The molecule has 0 bridgehead atoms. The normalized spacial score (nSPS) is 13.3. The number of anilines is 2. The van der Waals surface area contributed by atoms with E-state index in [9.17, 15) is 8.42 Å². The van der Waals surface area contributed by atoms with E-state index in [1.54, 1.807) is 24.3 Å². The second kappa shape index (κ2) is 4.70. The van der Waals surface area contributed by atoms with Crippen molar-refractivity contribution in [3.8, 4) is 0 Å². The maximum Gasteiger partial charge on any atom is 0.229 e. The van der Waals surface area contributed by atoms with Crippen molar-refractivity contribution in [3.63, 3.8) is 0 Å². The van der Waals surface area contributed by atoms with Gasteiger partial charge in [-0.2, -0.15) is 0 Å². The van der Waals surface area contributed by atoms with Crippen LogP contribution in [0, 0.1) is 0 Å². The standard InChI is InChI=1S/C12H11N6O2S/c1-21(19,20)18-8-4-2-3-7(5-8)10-9-11(13)14-6-15-12(9)17-16-10/h2-6,18H,1H3,(H2,13,14,15). The second-order valence-electron chi connectivity index (χ2n) is 4.46. The molecule has 2 aromatic rings. The molecule has 0 spiro atoms. The van der Waals surface area contributed by atoms with Crippen molar-refractivity contribution in [2.24, 2.45) is 5.10 Å². The Hall–Kier alpha value is -2.68. The Balaban J connectivity index is 2.03. The summed E-state index contributed by atoms with van der Waals surface area (Å²) in [5, 5.41) is 4.05. The number of nitrogen functional groups attached to an aromatic ring is 1. The Morgan fingerprint density at radius 1 is 1.24 bits per heavy atom. The van der Waals surface area contributed by atoms with E-state index < -0.39 is 10.0 Å². The quantitative estimate of drug-likeness (QED) is 0.850. The van der Waals surface area contributed by atoms with Crippen molar-refractivity contribution in [1.82, 2.24) is 15.4 Å². The van der Waals surface area contributed by atoms with E-state index in [-0.39, 0.29) is 5.82 Å². The molecule has 1 aliphatic heterocycles. The van der Waals surface area contributed by atoms with E-state index in [1.165, 1.54) is 6.33 Å². The number of nitrogens with one attached hydrogen (secondary N) is 1. The molecular formula is C12H11N6O2S. The zero-order valence-corrected chi connectivity index (χ0v) is 11.8. The molecule has 0 fully saturated rings. The predicted octanol–water partition coefficient (Wildman–Crippen LogP) is 0.432. The molecule has 1 aromatic carbocycles.